The van der Waals surface area contributed by atoms with Crippen LogP contribution in [0.25, 0.3) is 0 Å². The van der Waals surface area contributed by atoms with Crippen molar-refractivity contribution in [2.45, 2.75) is 19.3 Å². The van der Waals surface area contributed by atoms with Crippen LogP contribution in [0.4, 0.5) is 0 Å². The van der Waals surface area contributed by atoms with E-state index in [1.807, 2.05) is 24.3 Å². The first-order valence-corrected chi connectivity index (χ1v) is 6.52. The van der Waals surface area contributed by atoms with Crippen LogP contribution < -0.4 is 4.74 Å². The number of aryl methyl sites for hydroxylation is 1. The van der Waals surface area contributed by atoms with E-state index < -0.39 is 0 Å². The molecule has 0 saturated heterocycles. The molecular formula is C16H15NO2. The van der Waals surface area contributed by atoms with Gasteiger partial charge in [-0.05, 0) is 35.7 Å². The molecule has 96 valence electrons. The summed E-state index contributed by atoms with van der Waals surface area (Å²) in [5.74, 6) is 1.08. The van der Waals surface area contributed by atoms with Crippen LogP contribution in [-0.2, 0) is 12.8 Å². The Bertz CT molecular complexity index is 593. The molecule has 19 heavy (non-hydrogen) atoms. The molecule has 0 radical (unpaired) electrons. The fourth-order valence-electron chi connectivity index (χ4n) is 2.31. The number of ketones is 1. The maximum absolute atomic E-state index is 12.0. The lowest BCUT2D eigenvalue weighted by Crippen LogP contribution is -2.03. The van der Waals surface area contributed by atoms with Gasteiger partial charge < -0.3 is 4.74 Å². The van der Waals surface area contributed by atoms with Crippen LogP contribution in [0.5, 0.6) is 5.75 Å². The van der Waals surface area contributed by atoms with Crippen LogP contribution in [0.15, 0.2) is 42.6 Å². The molecule has 1 aromatic carbocycles. The normalized spacial score (nSPS) is 12.8. The van der Waals surface area contributed by atoms with Gasteiger partial charge in [0.25, 0.3) is 0 Å². The second kappa shape index (κ2) is 5.22. The van der Waals surface area contributed by atoms with Crippen LogP contribution in [-0.4, -0.2) is 17.4 Å². The van der Waals surface area contributed by atoms with Gasteiger partial charge in [0.05, 0.1) is 6.61 Å². The summed E-state index contributed by atoms with van der Waals surface area (Å²) >= 11 is 0. The zero-order valence-electron chi connectivity index (χ0n) is 10.6. The Kier molecular flexibility index (Phi) is 3.27. The molecule has 0 aliphatic carbocycles. The molecule has 0 saturated carbocycles. The molecule has 1 aromatic heterocycles. The highest BCUT2D eigenvalue weighted by Crippen LogP contribution is 2.26. The molecule has 0 amide bonds. The Morgan fingerprint density at radius 2 is 2.21 bits per heavy atom. The van der Waals surface area contributed by atoms with Crippen LogP contribution in [0.2, 0.25) is 0 Å². The van der Waals surface area contributed by atoms with E-state index in [9.17, 15) is 4.79 Å². The third-order valence-electron chi connectivity index (χ3n) is 3.35. The summed E-state index contributed by atoms with van der Waals surface area (Å²) in [6.07, 6.45) is 3.87. The van der Waals surface area contributed by atoms with Crippen molar-refractivity contribution in [1.82, 2.24) is 4.98 Å². The number of hydrogen-bond acceptors (Lipinski definition) is 3. The van der Waals surface area contributed by atoms with E-state index in [2.05, 4.69) is 11.1 Å². The molecule has 3 nitrogen and oxygen atoms in total. The second-order valence-corrected chi connectivity index (χ2v) is 4.68. The number of benzene rings is 1. The topological polar surface area (TPSA) is 39.2 Å². The monoisotopic (exact) mass is 253 g/mol. The lowest BCUT2D eigenvalue weighted by atomic mass is 10.0. The molecule has 0 N–H and O–H groups in total. The Labute approximate surface area is 112 Å². The van der Waals surface area contributed by atoms with Crippen LogP contribution >= 0.6 is 0 Å². The van der Waals surface area contributed by atoms with Crippen molar-refractivity contribution in [3.05, 3.63) is 59.4 Å². The minimum absolute atomic E-state index is 0.0948. The van der Waals surface area contributed by atoms with Crippen molar-refractivity contribution in [1.29, 1.82) is 0 Å². The molecule has 0 spiro atoms. The van der Waals surface area contributed by atoms with E-state index in [1.54, 1.807) is 12.3 Å². The summed E-state index contributed by atoms with van der Waals surface area (Å²) in [6.45, 7) is 0.769. The van der Waals surface area contributed by atoms with E-state index in [-0.39, 0.29) is 5.78 Å². The minimum atomic E-state index is 0.0948. The molecule has 1 aliphatic heterocycles. The van der Waals surface area contributed by atoms with Gasteiger partial charge in [0.1, 0.15) is 11.4 Å². The van der Waals surface area contributed by atoms with E-state index in [0.717, 1.165) is 25.2 Å². The molecule has 0 unspecified atom stereocenters. The van der Waals surface area contributed by atoms with Crippen molar-refractivity contribution < 1.29 is 9.53 Å². The third-order valence-corrected chi connectivity index (χ3v) is 3.35. The van der Waals surface area contributed by atoms with Gasteiger partial charge in [-0.3, -0.25) is 9.78 Å². The predicted octanol–water partition coefficient (Wildman–Crippen LogP) is 2.83. The van der Waals surface area contributed by atoms with Gasteiger partial charge in [0.15, 0.2) is 5.78 Å². The third kappa shape index (κ3) is 2.65. The molecule has 0 bridgehead atoms. The van der Waals surface area contributed by atoms with Gasteiger partial charge in [-0.15, -0.1) is 0 Å². The van der Waals surface area contributed by atoms with Gasteiger partial charge in [-0.25, -0.2) is 0 Å². The van der Waals surface area contributed by atoms with Crippen molar-refractivity contribution in [2.24, 2.45) is 0 Å². The molecule has 1 aliphatic rings. The van der Waals surface area contributed by atoms with Crippen LogP contribution in [0, 0.1) is 0 Å². The first kappa shape index (κ1) is 11.9. The first-order chi connectivity index (χ1) is 9.33. The quantitative estimate of drug-likeness (QED) is 0.786. The lowest BCUT2D eigenvalue weighted by Gasteiger charge is -2.04. The standard InChI is InChI=1S/C16H15NO2/c18-15(14-3-1-2-9-17-14)6-4-12-5-7-16-13(11-12)8-10-19-16/h1-3,5,7,9,11H,4,6,8,10H2. The fraction of sp³-hybridized carbons (Fsp3) is 0.250. The van der Waals surface area contributed by atoms with Crippen LogP contribution in [0.1, 0.15) is 28.0 Å². The van der Waals surface area contributed by atoms with E-state index in [0.29, 0.717) is 12.1 Å². The van der Waals surface area contributed by atoms with Crippen molar-refractivity contribution >= 4 is 5.78 Å². The van der Waals surface area contributed by atoms with Gasteiger partial charge in [-0.1, -0.05) is 18.2 Å². The number of nitrogens with zero attached hydrogens (tertiary/aromatic N) is 1. The second-order valence-electron chi connectivity index (χ2n) is 4.68. The highest BCUT2D eigenvalue weighted by atomic mass is 16.5. The molecule has 0 atom stereocenters. The summed E-state index contributed by atoms with van der Waals surface area (Å²) < 4.78 is 5.47. The Morgan fingerprint density at radius 3 is 3.05 bits per heavy atom. The maximum Gasteiger partial charge on any atom is 0.181 e. The summed E-state index contributed by atoms with van der Waals surface area (Å²) in [7, 11) is 0. The Morgan fingerprint density at radius 1 is 1.26 bits per heavy atom. The number of rotatable bonds is 4. The van der Waals surface area contributed by atoms with Crippen molar-refractivity contribution in [2.75, 3.05) is 6.61 Å². The molecule has 0 fully saturated rings. The van der Waals surface area contributed by atoms with Gasteiger partial charge in [0.2, 0.25) is 0 Å². The minimum Gasteiger partial charge on any atom is -0.493 e. The summed E-state index contributed by atoms with van der Waals surface area (Å²) in [5, 5.41) is 0. The number of Topliss-reactive ketones (excluding diaryl/α,β-unsaturated/α-hetero) is 1. The van der Waals surface area contributed by atoms with Gasteiger partial charge >= 0.3 is 0 Å². The summed E-state index contributed by atoms with van der Waals surface area (Å²) in [6, 6.07) is 11.6. The number of aromatic nitrogens is 1. The predicted molar refractivity (Wildman–Crippen MR) is 72.5 cm³/mol. The van der Waals surface area contributed by atoms with E-state index in [1.165, 1.54) is 11.1 Å². The Hall–Kier alpha value is -2.16. The van der Waals surface area contributed by atoms with Gasteiger partial charge in [0, 0.05) is 19.0 Å². The largest absolute Gasteiger partial charge is 0.493 e. The lowest BCUT2D eigenvalue weighted by molar-refractivity contribution is 0.0978. The van der Waals surface area contributed by atoms with E-state index in [4.69, 9.17) is 4.74 Å². The van der Waals surface area contributed by atoms with Crippen molar-refractivity contribution in [3.63, 3.8) is 0 Å². The average Bonchev–Trinajstić information content (AvgIpc) is 2.93. The SMILES string of the molecule is O=C(CCc1ccc2c(c1)CCO2)c1ccccn1. The molecule has 2 heterocycles. The smallest absolute Gasteiger partial charge is 0.181 e. The highest BCUT2D eigenvalue weighted by molar-refractivity contribution is 5.94. The Balaban J connectivity index is 1.65. The number of carbonyl (C=O) groups excluding carboxylic acids is 1. The number of carbonyl (C=O) groups is 1. The zero-order valence-corrected chi connectivity index (χ0v) is 10.6. The number of fused-ring (bicyclic) bond motifs is 1. The molecule has 3 heteroatoms. The molecule has 3 rings (SSSR count). The number of ether oxygens (including phenoxy) is 1. The molecular weight excluding hydrogens is 238 g/mol. The van der Waals surface area contributed by atoms with E-state index >= 15 is 0 Å². The maximum atomic E-state index is 12.0. The average molecular weight is 253 g/mol. The zero-order chi connectivity index (χ0) is 13.1. The number of hydrogen-bond donors (Lipinski definition) is 0. The first-order valence-electron chi connectivity index (χ1n) is 6.52. The van der Waals surface area contributed by atoms with Crippen LogP contribution in [0.3, 0.4) is 0 Å². The summed E-state index contributed by atoms with van der Waals surface area (Å²) in [5.41, 5.74) is 2.99. The molecule has 2 aromatic rings. The number of pyridine rings is 1. The van der Waals surface area contributed by atoms with Gasteiger partial charge in [-0.2, -0.15) is 0 Å². The fourth-order valence-corrected chi connectivity index (χ4v) is 2.31. The highest BCUT2D eigenvalue weighted by Gasteiger charge is 2.13. The summed E-state index contributed by atoms with van der Waals surface area (Å²) in [4.78, 5) is 16.0. The van der Waals surface area contributed by atoms with Crippen molar-refractivity contribution in [3.8, 4) is 5.75 Å².